The Morgan fingerprint density at radius 3 is 2.35 bits per heavy atom. The number of nitrogens with zero attached hydrogens (tertiary/aromatic N) is 2. The summed E-state index contributed by atoms with van der Waals surface area (Å²) in [5.74, 6) is 2.43. The lowest BCUT2D eigenvalue weighted by Gasteiger charge is -2.55. The molecule has 0 aromatic carbocycles. The van der Waals surface area contributed by atoms with Gasteiger partial charge in [-0.05, 0) is 24.8 Å². The molecular formula is C14H19Cl2FN2O. The molecule has 0 amide bonds. The zero-order valence-corrected chi connectivity index (χ0v) is 12.7. The normalized spacial score (nSPS) is 37.0. The maximum absolute atomic E-state index is 12.8. The summed E-state index contributed by atoms with van der Waals surface area (Å²) in [5, 5.41) is 0. The molecular weight excluding hydrogens is 302 g/mol. The number of piperidine rings is 3. The van der Waals surface area contributed by atoms with E-state index in [2.05, 4.69) is 9.88 Å². The van der Waals surface area contributed by atoms with E-state index in [0.717, 1.165) is 5.92 Å². The zero-order valence-electron chi connectivity index (χ0n) is 11.1. The number of aromatic nitrogens is 1. The Kier molecular flexibility index (Phi) is 4.77. The molecule has 4 aliphatic rings. The lowest BCUT2D eigenvalue weighted by atomic mass is 9.66. The van der Waals surface area contributed by atoms with Crippen LogP contribution in [0.15, 0.2) is 18.3 Å². The molecule has 4 bridgehead atoms. The number of hydrogen-bond donors (Lipinski definition) is 0. The van der Waals surface area contributed by atoms with Crippen LogP contribution in [0, 0.1) is 23.6 Å². The topological polar surface area (TPSA) is 25.4 Å². The molecule has 3 aliphatic heterocycles. The van der Waals surface area contributed by atoms with Crippen molar-refractivity contribution in [2.75, 3.05) is 19.6 Å². The van der Waals surface area contributed by atoms with E-state index in [-0.39, 0.29) is 36.7 Å². The van der Waals surface area contributed by atoms with Crippen molar-refractivity contribution in [1.29, 1.82) is 0 Å². The number of halogens is 3. The van der Waals surface area contributed by atoms with Crippen LogP contribution in [0.4, 0.5) is 4.39 Å². The average Bonchev–Trinajstić information content (AvgIpc) is 2.35. The minimum atomic E-state index is -0.307. The maximum Gasteiger partial charge on any atom is 0.213 e. The van der Waals surface area contributed by atoms with Gasteiger partial charge in [0.15, 0.2) is 0 Å². The van der Waals surface area contributed by atoms with Crippen molar-refractivity contribution in [2.45, 2.75) is 18.9 Å². The highest BCUT2D eigenvalue weighted by Crippen LogP contribution is 2.44. The fourth-order valence-corrected chi connectivity index (χ4v) is 4.13. The standard InChI is InChI=1S/C14H17FN2O.2ClH/c15-12-1-2-13(16-5-12)18-14-10-3-9-4-11(14)8-17(6-9)7-10;;/h1-2,5,9-11,14H,3-4,6-8H2;2*1H. The fraction of sp³-hybridized carbons (Fsp3) is 0.643. The van der Waals surface area contributed by atoms with Crippen molar-refractivity contribution in [3.8, 4) is 5.88 Å². The van der Waals surface area contributed by atoms with Crippen molar-refractivity contribution in [3.05, 3.63) is 24.1 Å². The molecule has 1 aliphatic carbocycles. The summed E-state index contributed by atoms with van der Waals surface area (Å²) in [6, 6.07) is 3.06. The van der Waals surface area contributed by atoms with Gasteiger partial charge in [0, 0.05) is 37.5 Å². The minimum absolute atomic E-state index is 0. The highest BCUT2D eigenvalue weighted by molar-refractivity contribution is 5.85. The first-order chi connectivity index (χ1) is 8.78. The predicted molar refractivity (Wildman–Crippen MR) is 79.3 cm³/mol. The van der Waals surface area contributed by atoms with Crippen molar-refractivity contribution in [3.63, 3.8) is 0 Å². The molecule has 3 saturated heterocycles. The Hall–Kier alpha value is -0.580. The van der Waals surface area contributed by atoms with E-state index in [1.54, 1.807) is 6.07 Å². The van der Waals surface area contributed by atoms with E-state index in [4.69, 9.17) is 4.74 Å². The first-order valence-electron chi connectivity index (χ1n) is 6.78. The van der Waals surface area contributed by atoms with E-state index in [0.29, 0.717) is 17.7 Å². The number of ether oxygens (including phenoxy) is 1. The average molecular weight is 321 g/mol. The summed E-state index contributed by atoms with van der Waals surface area (Å²) in [4.78, 5) is 6.59. The van der Waals surface area contributed by atoms with E-state index >= 15 is 0 Å². The molecule has 5 rings (SSSR count). The van der Waals surface area contributed by atoms with Gasteiger partial charge in [0.25, 0.3) is 0 Å². The molecule has 0 spiro atoms. The van der Waals surface area contributed by atoms with Gasteiger partial charge in [-0.3, -0.25) is 0 Å². The van der Waals surface area contributed by atoms with Gasteiger partial charge < -0.3 is 9.64 Å². The van der Waals surface area contributed by atoms with Gasteiger partial charge in [0.05, 0.1) is 6.20 Å². The molecule has 1 saturated carbocycles. The van der Waals surface area contributed by atoms with E-state index in [9.17, 15) is 4.39 Å². The van der Waals surface area contributed by atoms with Gasteiger partial charge >= 0.3 is 0 Å². The smallest absolute Gasteiger partial charge is 0.213 e. The number of hydrogen-bond acceptors (Lipinski definition) is 3. The van der Waals surface area contributed by atoms with Crippen LogP contribution in [0.1, 0.15) is 12.8 Å². The molecule has 6 heteroatoms. The zero-order chi connectivity index (χ0) is 12.1. The second-order valence-electron chi connectivity index (χ2n) is 5.97. The molecule has 0 radical (unpaired) electrons. The number of rotatable bonds is 2. The van der Waals surface area contributed by atoms with Crippen LogP contribution in [0.3, 0.4) is 0 Å². The van der Waals surface area contributed by atoms with Gasteiger partial charge in [0.2, 0.25) is 5.88 Å². The Balaban J connectivity index is 0.000000735. The summed E-state index contributed by atoms with van der Waals surface area (Å²) in [5.41, 5.74) is 0. The molecule has 112 valence electrons. The largest absolute Gasteiger partial charge is 0.474 e. The summed E-state index contributed by atoms with van der Waals surface area (Å²) in [7, 11) is 0. The third-order valence-corrected chi connectivity index (χ3v) is 4.66. The predicted octanol–water partition coefficient (Wildman–Crippen LogP) is 2.78. The third-order valence-electron chi connectivity index (χ3n) is 4.66. The Morgan fingerprint density at radius 1 is 1.10 bits per heavy atom. The molecule has 3 nitrogen and oxygen atoms in total. The lowest BCUT2D eigenvalue weighted by molar-refractivity contribution is -0.0997. The first-order valence-corrected chi connectivity index (χ1v) is 6.78. The van der Waals surface area contributed by atoms with Crippen LogP contribution in [0.25, 0.3) is 0 Å². The van der Waals surface area contributed by atoms with Crippen LogP contribution in [0.5, 0.6) is 5.88 Å². The maximum atomic E-state index is 12.8. The van der Waals surface area contributed by atoms with Crippen molar-refractivity contribution >= 4 is 24.8 Å². The lowest BCUT2D eigenvalue weighted by Crippen LogP contribution is -2.61. The quantitative estimate of drug-likeness (QED) is 0.837. The highest BCUT2D eigenvalue weighted by Gasteiger charge is 2.48. The van der Waals surface area contributed by atoms with Crippen molar-refractivity contribution in [1.82, 2.24) is 9.88 Å². The van der Waals surface area contributed by atoms with Crippen molar-refractivity contribution in [2.24, 2.45) is 17.8 Å². The Labute approximate surface area is 130 Å². The SMILES string of the molecule is Cl.Cl.Fc1ccc(OC2C3CC4CC2CN(C4)C3)nc1. The molecule has 4 heterocycles. The van der Waals surface area contributed by atoms with E-state index in [1.807, 2.05) is 0 Å². The van der Waals surface area contributed by atoms with Crippen LogP contribution < -0.4 is 4.74 Å². The second-order valence-corrected chi connectivity index (χ2v) is 5.97. The molecule has 0 N–H and O–H groups in total. The van der Waals surface area contributed by atoms with Gasteiger partial charge in [-0.1, -0.05) is 0 Å². The molecule has 1 aromatic rings. The summed E-state index contributed by atoms with van der Waals surface area (Å²) in [6.07, 6.45) is 4.10. The Morgan fingerprint density at radius 2 is 1.80 bits per heavy atom. The minimum Gasteiger partial charge on any atom is -0.474 e. The molecule has 2 atom stereocenters. The van der Waals surface area contributed by atoms with Crippen LogP contribution in [-0.2, 0) is 0 Å². The molecule has 4 fully saturated rings. The van der Waals surface area contributed by atoms with Gasteiger partial charge in [-0.15, -0.1) is 24.8 Å². The van der Waals surface area contributed by atoms with Gasteiger partial charge in [-0.2, -0.15) is 0 Å². The first kappa shape index (κ1) is 15.8. The third kappa shape index (κ3) is 2.74. The number of pyridine rings is 1. The molecule has 20 heavy (non-hydrogen) atoms. The van der Waals surface area contributed by atoms with E-state index in [1.165, 1.54) is 44.7 Å². The van der Waals surface area contributed by atoms with Gasteiger partial charge in [-0.25, -0.2) is 9.37 Å². The summed E-state index contributed by atoms with van der Waals surface area (Å²) >= 11 is 0. The molecule has 2 unspecified atom stereocenters. The van der Waals surface area contributed by atoms with Gasteiger partial charge in [0.1, 0.15) is 11.9 Å². The van der Waals surface area contributed by atoms with Crippen LogP contribution in [0.2, 0.25) is 0 Å². The monoisotopic (exact) mass is 320 g/mol. The van der Waals surface area contributed by atoms with Crippen molar-refractivity contribution < 1.29 is 9.13 Å². The summed E-state index contributed by atoms with van der Waals surface area (Å²) in [6.45, 7) is 3.62. The van der Waals surface area contributed by atoms with Crippen LogP contribution in [-0.4, -0.2) is 35.6 Å². The highest BCUT2D eigenvalue weighted by atomic mass is 35.5. The second kappa shape index (κ2) is 6.04. The summed E-state index contributed by atoms with van der Waals surface area (Å²) < 4.78 is 18.9. The van der Waals surface area contributed by atoms with E-state index < -0.39 is 0 Å². The molecule has 1 aromatic heterocycles. The fourth-order valence-electron chi connectivity index (χ4n) is 4.13. The van der Waals surface area contributed by atoms with Crippen LogP contribution >= 0.6 is 24.8 Å². The Bertz CT molecular complexity index is 429.